The summed E-state index contributed by atoms with van der Waals surface area (Å²) in [7, 11) is 1.67. The molecule has 5 heteroatoms. The van der Waals surface area contributed by atoms with Crippen molar-refractivity contribution in [2.24, 2.45) is 0 Å². The molecule has 0 spiro atoms. The van der Waals surface area contributed by atoms with Crippen LogP contribution in [0.4, 0.5) is 5.82 Å². The first-order chi connectivity index (χ1) is 10.6. The van der Waals surface area contributed by atoms with E-state index in [0.717, 1.165) is 27.2 Å². The average molecular weight is 365 g/mol. The number of anilines is 1. The van der Waals surface area contributed by atoms with Crippen LogP contribution in [0.1, 0.15) is 16.7 Å². The van der Waals surface area contributed by atoms with E-state index < -0.39 is 0 Å². The molecule has 0 bridgehead atoms. The highest BCUT2D eigenvalue weighted by atomic mass is 79.9. The summed E-state index contributed by atoms with van der Waals surface area (Å²) >= 11 is 3.46. The monoisotopic (exact) mass is 364 g/mol. The second kappa shape index (κ2) is 8.15. The molecule has 0 aliphatic carbocycles. The summed E-state index contributed by atoms with van der Waals surface area (Å²) in [6.45, 7) is 5.88. The third kappa shape index (κ3) is 4.71. The van der Waals surface area contributed by atoms with Crippen molar-refractivity contribution in [1.29, 1.82) is 0 Å². The molecule has 22 heavy (non-hydrogen) atoms. The van der Waals surface area contributed by atoms with Gasteiger partial charge in [-0.05, 0) is 53.0 Å². The molecule has 0 amide bonds. The molecule has 1 aromatic heterocycles. The van der Waals surface area contributed by atoms with E-state index in [-0.39, 0.29) is 0 Å². The molecule has 2 rings (SSSR count). The maximum atomic E-state index is 5.80. The van der Waals surface area contributed by atoms with E-state index >= 15 is 0 Å². The lowest BCUT2D eigenvalue weighted by Gasteiger charge is -2.13. The predicted molar refractivity (Wildman–Crippen MR) is 92.6 cm³/mol. The Balaban J connectivity index is 2.06. The van der Waals surface area contributed by atoms with Crippen molar-refractivity contribution in [1.82, 2.24) is 4.98 Å². The van der Waals surface area contributed by atoms with Gasteiger partial charge < -0.3 is 14.8 Å². The first kappa shape index (κ1) is 16.8. The lowest BCUT2D eigenvalue weighted by molar-refractivity contribution is 0.146. The Morgan fingerprint density at radius 1 is 1.18 bits per heavy atom. The van der Waals surface area contributed by atoms with Crippen molar-refractivity contribution in [3.05, 3.63) is 51.6 Å². The van der Waals surface area contributed by atoms with Crippen LogP contribution >= 0.6 is 15.9 Å². The van der Waals surface area contributed by atoms with E-state index in [1.807, 2.05) is 25.3 Å². The number of benzene rings is 1. The molecule has 2 aromatic rings. The number of pyridine rings is 1. The summed E-state index contributed by atoms with van der Waals surface area (Å²) in [6.07, 6.45) is 1.81. The van der Waals surface area contributed by atoms with E-state index in [1.165, 1.54) is 5.56 Å². The number of nitrogens with zero attached hydrogens (tertiary/aromatic N) is 1. The number of rotatable bonds is 7. The SMILES string of the molecule is COCCOc1cc(C)ccc1CNc1cc(C)c(Br)cn1. The van der Waals surface area contributed by atoms with Crippen LogP contribution in [0.3, 0.4) is 0 Å². The minimum atomic E-state index is 0.544. The molecule has 0 radical (unpaired) electrons. The summed E-state index contributed by atoms with van der Waals surface area (Å²) in [5.41, 5.74) is 3.43. The normalized spacial score (nSPS) is 10.5. The van der Waals surface area contributed by atoms with Crippen LogP contribution < -0.4 is 10.1 Å². The van der Waals surface area contributed by atoms with Gasteiger partial charge in [0.2, 0.25) is 0 Å². The molecule has 1 aromatic carbocycles. The zero-order chi connectivity index (χ0) is 15.9. The topological polar surface area (TPSA) is 43.4 Å². The molecule has 118 valence electrons. The molecule has 0 atom stereocenters. The molecule has 0 saturated heterocycles. The van der Waals surface area contributed by atoms with Gasteiger partial charge in [-0.1, -0.05) is 12.1 Å². The second-order valence-electron chi connectivity index (χ2n) is 5.12. The standard InChI is InChI=1S/C17H21BrN2O2/c1-12-4-5-14(16(8-12)22-7-6-21-3)10-19-17-9-13(2)15(18)11-20-17/h4-5,8-9,11H,6-7,10H2,1-3H3,(H,19,20). The lowest BCUT2D eigenvalue weighted by atomic mass is 10.1. The van der Waals surface area contributed by atoms with Crippen molar-refractivity contribution >= 4 is 21.7 Å². The highest BCUT2D eigenvalue weighted by Gasteiger charge is 2.06. The maximum absolute atomic E-state index is 5.80. The molecule has 0 saturated carbocycles. The first-order valence-electron chi connectivity index (χ1n) is 7.17. The second-order valence-corrected chi connectivity index (χ2v) is 5.98. The Bertz CT molecular complexity index is 632. The molecule has 4 nitrogen and oxygen atoms in total. The smallest absolute Gasteiger partial charge is 0.126 e. The third-order valence-electron chi connectivity index (χ3n) is 3.27. The van der Waals surface area contributed by atoms with Gasteiger partial charge in [-0.3, -0.25) is 0 Å². The van der Waals surface area contributed by atoms with Crippen LogP contribution in [-0.4, -0.2) is 25.3 Å². The Kier molecular flexibility index (Phi) is 6.21. The highest BCUT2D eigenvalue weighted by molar-refractivity contribution is 9.10. The van der Waals surface area contributed by atoms with E-state index in [9.17, 15) is 0 Å². The molecule has 0 unspecified atom stereocenters. The summed E-state index contributed by atoms with van der Waals surface area (Å²) in [6, 6.07) is 8.23. The Labute approximate surface area is 140 Å². The van der Waals surface area contributed by atoms with Crippen LogP contribution in [0.15, 0.2) is 34.9 Å². The van der Waals surface area contributed by atoms with Gasteiger partial charge in [-0.15, -0.1) is 0 Å². The Morgan fingerprint density at radius 2 is 2.00 bits per heavy atom. The molecular weight excluding hydrogens is 344 g/mol. The fourth-order valence-corrected chi connectivity index (χ4v) is 2.22. The average Bonchev–Trinajstić information content (AvgIpc) is 2.50. The zero-order valence-corrected chi connectivity index (χ0v) is 14.7. The van der Waals surface area contributed by atoms with Gasteiger partial charge in [-0.25, -0.2) is 4.98 Å². The predicted octanol–water partition coefficient (Wildman–Crippen LogP) is 4.10. The van der Waals surface area contributed by atoms with Gasteiger partial charge in [0.15, 0.2) is 0 Å². The summed E-state index contributed by atoms with van der Waals surface area (Å²) in [5.74, 6) is 1.74. The maximum Gasteiger partial charge on any atom is 0.126 e. The van der Waals surface area contributed by atoms with Crippen molar-refractivity contribution in [2.45, 2.75) is 20.4 Å². The number of methoxy groups -OCH3 is 1. The van der Waals surface area contributed by atoms with Crippen molar-refractivity contribution in [2.75, 3.05) is 25.6 Å². The summed E-state index contributed by atoms with van der Waals surface area (Å²) < 4.78 is 11.8. The lowest BCUT2D eigenvalue weighted by Crippen LogP contribution is -2.08. The van der Waals surface area contributed by atoms with Gasteiger partial charge in [0.25, 0.3) is 0 Å². The molecular formula is C17H21BrN2O2. The number of hydrogen-bond donors (Lipinski definition) is 1. The molecule has 0 fully saturated rings. The number of hydrogen-bond acceptors (Lipinski definition) is 4. The summed E-state index contributed by atoms with van der Waals surface area (Å²) in [5, 5.41) is 3.34. The molecule has 0 aliphatic rings. The van der Waals surface area contributed by atoms with E-state index in [1.54, 1.807) is 7.11 Å². The summed E-state index contributed by atoms with van der Waals surface area (Å²) in [4.78, 5) is 4.36. The van der Waals surface area contributed by atoms with Gasteiger partial charge >= 0.3 is 0 Å². The van der Waals surface area contributed by atoms with E-state index in [2.05, 4.69) is 45.3 Å². The molecule has 1 N–H and O–H groups in total. The quantitative estimate of drug-likeness (QED) is 0.751. The number of nitrogens with one attached hydrogen (secondary N) is 1. The van der Waals surface area contributed by atoms with Crippen molar-refractivity contribution in [3.63, 3.8) is 0 Å². The number of halogens is 1. The van der Waals surface area contributed by atoms with Crippen LogP contribution in [0.25, 0.3) is 0 Å². The first-order valence-corrected chi connectivity index (χ1v) is 7.96. The van der Waals surface area contributed by atoms with Crippen LogP contribution in [0.5, 0.6) is 5.75 Å². The van der Waals surface area contributed by atoms with E-state index in [0.29, 0.717) is 19.8 Å². The van der Waals surface area contributed by atoms with Gasteiger partial charge in [0.05, 0.1) is 6.61 Å². The number of aryl methyl sites for hydroxylation is 2. The Morgan fingerprint density at radius 3 is 2.73 bits per heavy atom. The van der Waals surface area contributed by atoms with Crippen LogP contribution in [0, 0.1) is 13.8 Å². The number of ether oxygens (including phenoxy) is 2. The molecule has 0 aliphatic heterocycles. The van der Waals surface area contributed by atoms with Crippen molar-refractivity contribution in [3.8, 4) is 5.75 Å². The Hall–Kier alpha value is -1.59. The molecule has 1 heterocycles. The fourth-order valence-electron chi connectivity index (χ4n) is 2.00. The van der Waals surface area contributed by atoms with Crippen LogP contribution in [0.2, 0.25) is 0 Å². The van der Waals surface area contributed by atoms with Gasteiger partial charge in [0.1, 0.15) is 18.2 Å². The largest absolute Gasteiger partial charge is 0.491 e. The van der Waals surface area contributed by atoms with Gasteiger partial charge in [0, 0.05) is 29.9 Å². The highest BCUT2D eigenvalue weighted by Crippen LogP contribution is 2.22. The fraction of sp³-hybridized carbons (Fsp3) is 0.353. The van der Waals surface area contributed by atoms with E-state index in [4.69, 9.17) is 9.47 Å². The minimum absolute atomic E-state index is 0.544. The minimum Gasteiger partial charge on any atom is -0.491 e. The van der Waals surface area contributed by atoms with Gasteiger partial charge in [-0.2, -0.15) is 0 Å². The van der Waals surface area contributed by atoms with Crippen molar-refractivity contribution < 1.29 is 9.47 Å². The van der Waals surface area contributed by atoms with Crippen LogP contribution in [-0.2, 0) is 11.3 Å². The third-order valence-corrected chi connectivity index (χ3v) is 4.10. The zero-order valence-electron chi connectivity index (χ0n) is 13.1. The number of aromatic nitrogens is 1.